The van der Waals surface area contributed by atoms with Gasteiger partial charge in [0.25, 0.3) is 0 Å². The molecule has 0 bridgehead atoms. The number of nitrogens with one attached hydrogen (secondary N) is 1. The van der Waals surface area contributed by atoms with Crippen LogP contribution in [0.5, 0.6) is 11.5 Å². The van der Waals surface area contributed by atoms with Gasteiger partial charge in [0.15, 0.2) is 0 Å². The Bertz CT molecular complexity index is 887. The van der Waals surface area contributed by atoms with Gasteiger partial charge >= 0.3 is 0 Å². The monoisotopic (exact) mass is 440 g/mol. The van der Waals surface area contributed by atoms with Crippen molar-refractivity contribution < 1.29 is 23.8 Å². The second-order valence-corrected chi connectivity index (χ2v) is 7.92. The van der Waals surface area contributed by atoms with E-state index in [2.05, 4.69) is 5.32 Å². The van der Waals surface area contributed by atoms with Gasteiger partial charge in [0.2, 0.25) is 11.8 Å². The van der Waals surface area contributed by atoms with Crippen LogP contribution in [-0.2, 0) is 14.3 Å². The molecule has 1 aliphatic rings. The summed E-state index contributed by atoms with van der Waals surface area (Å²) in [4.78, 5) is 27.4. The fourth-order valence-electron chi connectivity index (χ4n) is 3.67. The van der Waals surface area contributed by atoms with Gasteiger partial charge in [-0.15, -0.1) is 0 Å². The van der Waals surface area contributed by atoms with Crippen LogP contribution in [-0.4, -0.2) is 56.7 Å². The zero-order chi connectivity index (χ0) is 22.8. The molecule has 7 heteroatoms. The fraction of sp³-hybridized carbons (Fsp3) is 0.440. The van der Waals surface area contributed by atoms with E-state index in [0.29, 0.717) is 50.8 Å². The average Bonchev–Trinajstić information content (AvgIpc) is 2.81. The van der Waals surface area contributed by atoms with Crippen LogP contribution in [0.1, 0.15) is 24.8 Å². The van der Waals surface area contributed by atoms with Crippen LogP contribution in [0, 0.1) is 12.8 Å². The smallest absolute Gasteiger partial charge is 0.229 e. The zero-order valence-corrected chi connectivity index (χ0v) is 18.8. The van der Waals surface area contributed by atoms with Crippen LogP contribution in [0.3, 0.4) is 0 Å². The maximum atomic E-state index is 12.9. The number of piperidine rings is 1. The van der Waals surface area contributed by atoms with Crippen LogP contribution >= 0.6 is 0 Å². The standard InChI is InChI=1S/C25H32N2O5/c1-19-10-11-22(23(17-19)32-16-15-30-2)26-25(29)20-7-6-13-27(18-20)24(28)12-14-31-21-8-4-3-5-9-21/h3-5,8-11,17,20H,6-7,12-16,18H2,1-2H3,(H,26,29). The highest BCUT2D eigenvalue weighted by molar-refractivity contribution is 5.94. The lowest BCUT2D eigenvalue weighted by molar-refractivity contribution is -0.135. The third-order valence-corrected chi connectivity index (χ3v) is 5.41. The van der Waals surface area contributed by atoms with Gasteiger partial charge in [0.05, 0.1) is 31.2 Å². The molecule has 2 aromatic carbocycles. The van der Waals surface area contributed by atoms with Crippen LogP contribution in [0.4, 0.5) is 5.69 Å². The van der Waals surface area contributed by atoms with E-state index in [4.69, 9.17) is 14.2 Å². The Kier molecular flexibility index (Phi) is 8.92. The first kappa shape index (κ1) is 23.6. The number of hydrogen-bond donors (Lipinski definition) is 1. The number of carbonyl (C=O) groups excluding carboxylic acids is 2. The van der Waals surface area contributed by atoms with Gasteiger partial charge in [0, 0.05) is 20.2 Å². The van der Waals surface area contributed by atoms with Gasteiger partial charge in [-0.1, -0.05) is 24.3 Å². The molecular weight excluding hydrogens is 408 g/mol. The normalized spacial score (nSPS) is 15.8. The highest BCUT2D eigenvalue weighted by atomic mass is 16.5. The number of likely N-dealkylation sites (tertiary alicyclic amines) is 1. The van der Waals surface area contributed by atoms with Crippen molar-refractivity contribution in [3.63, 3.8) is 0 Å². The van der Waals surface area contributed by atoms with Crippen molar-refractivity contribution in [2.45, 2.75) is 26.2 Å². The first-order valence-corrected chi connectivity index (χ1v) is 11.1. The second-order valence-electron chi connectivity index (χ2n) is 7.92. The van der Waals surface area contributed by atoms with Gasteiger partial charge in [-0.3, -0.25) is 9.59 Å². The second kappa shape index (κ2) is 12.1. The Labute approximate surface area is 189 Å². The summed E-state index contributed by atoms with van der Waals surface area (Å²) in [7, 11) is 1.62. The van der Waals surface area contributed by atoms with E-state index >= 15 is 0 Å². The lowest BCUT2D eigenvalue weighted by Crippen LogP contribution is -2.44. The average molecular weight is 441 g/mol. The molecule has 1 saturated heterocycles. The molecule has 1 unspecified atom stereocenters. The maximum absolute atomic E-state index is 12.9. The zero-order valence-electron chi connectivity index (χ0n) is 18.8. The number of rotatable bonds is 10. The van der Waals surface area contributed by atoms with E-state index < -0.39 is 0 Å². The highest BCUT2D eigenvalue weighted by Gasteiger charge is 2.28. The van der Waals surface area contributed by atoms with E-state index in [1.165, 1.54) is 0 Å². The molecule has 0 saturated carbocycles. The van der Waals surface area contributed by atoms with Crippen LogP contribution < -0.4 is 14.8 Å². The van der Waals surface area contributed by atoms with Gasteiger partial charge in [-0.2, -0.15) is 0 Å². The predicted molar refractivity (Wildman–Crippen MR) is 123 cm³/mol. The van der Waals surface area contributed by atoms with E-state index in [1.54, 1.807) is 12.0 Å². The number of aryl methyl sites for hydroxylation is 1. The number of hydrogen-bond acceptors (Lipinski definition) is 5. The number of methoxy groups -OCH3 is 1. The summed E-state index contributed by atoms with van der Waals surface area (Å²) < 4.78 is 16.4. The molecule has 2 aromatic rings. The van der Waals surface area contributed by atoms with Crippen molar-refractivity contribution >= 4 is 17.5 Å². The molecule has 0 radical (unpaired) electrons. The summed E-state index contributed by atoms with van der Waals surface area (Å²) >= 11 is 0. The molecule has 1 N–H and O–H groups in total. The predicted octanol–water partition coefficient (Wildman–Crippen LogP) is 3.67. The molecule has 0 aliphatic carbocycles. The molecule has 2 amide bonds. The summed E-state index contributed by atoms with van der Waals surface area (Å²) in [6.45, 7) is 4.25. The number of anilines is 1. The third kappa shape index (κ3) is 6.99. The highest BCUT2D eigenvalue weighted by Crippen LogP contribution is 2.27. The number of carbonyl (C=O) groups is 2. The van der Waals surface area contributed by atoms with E-state index in [-0.39, 0.29) is 17.7 Å². The maximum Gasteiger partial charge on any atom is 0.229 e. The molecule has 1 fully saturated rings. The molecule has 3 rings (SSSR count). The third-order valence-electron chi connectivity index (χ3n) is 5.41. The van der Waals surface area contributed by atoms with Crippen molar-refractivity contribution in [2.24, 2.45) is 5.92 Å². The van der Waals surface area contributed by atoms with Gasteiger partial charge < -0.3 is 24.4 Å². The summed E-state index contributed by atoms with van der Waals surface area (Å²) in [6.07, 6.45) is 1.84. The summed E-state index contributed by atoms with van der Waals surface area (Å²) in [5.41, 5.74) is 1.68. The van der Waals surface area contributed by atoms with Crippen molar-refractivity contribution in [1.82, 2.24) is 4.90 Å². The van der Waals surface area contributed by atoms with Crippen LogP contribution in [0.15, 0.2) is 48.5 Å². The molecule has 7 nitrogen and oxygen atoms in total. The van der Waals surface area contributed by atoms with E-state index in [9.17, 15) is 9.59 Å². The molecule has 32 heavy (non-hydrogen) atoms. The van der Waals surface area contributed by atoms with Crippen molar-refractivity contribution in [3.05, 3.63) is 54.1 Å². The number of ether oxygens (including phenoxy) is 3. The molecule has 1 aliphatic heterocycles. The number of benzene rings is 2. The Morgan fingerprint density at radius 1 is 1.06 bits per heavy atom. The Morgan fingerprint density at radius 3 is 2.66 bits per heavy atom. The minimum Gasteiger partial charge on any atom is -0.493 e. The lowest BCUT2D eigenvalue weighted by Gasteiger charge is -2.32. The SMILES string of the molecule is COCCOc1cc(C)ccc1NC(=O)C1CCCN(C(=O)CCOc2ccccc2)C1. The molecule has 1 atom stereocenters. The first-order valence-electron chi connectivity index (χ1n) is 11.1. The largest absolute Gasteiger partial charge is 0.493 e. The van der Waals surface area contributed by atoms with E-state index in [1.807, 2.05) is 55.5 Å². The Hall–Kier alpha value is -3.06. The molecular formula is C25H32N2O5. The lowest BCUT2D eigenvalue weighted by atomic mass is 9.96. The van der Waals surface area contributed by atoms with Crippen LogP contribution in [0.2, 0.25) is 0 Å². The number of para-hydroxylation sites is 1. The van der Waals surface area contributed by atoms with Crippen molar-refractivity contribution in [3.8, 4) is 11.5 Å². The molecule has 0 aromatic heterocycles. The Morgan fingerprint density at radius 2 is 1.88 bits per heavy atom. The van der Waals surface area contributed by atoms with Crippen molar-refractivity contribution in [1.29, 1.82) is 0 Å². The minimum atomic E-state index is -0.254. The minimum absolute atomic E-state index is 0.0114. The topological polar surface area (TPSA) is 77.1 Å². The molecule has 0 spiro atoms. The van der Waals surface area contributed by atoms with Gasteiger partial charge in [-0.05, 0) is 49.6 Å². The summed E-state index contributed by atoms with van der Waals surface area (Å²) in [5, 5.41) is 2.99. The number of amides is 2. The first-order chi connectivity index (χ1) is 15.6. The van der Waals surface area contributed by atoms with Gasteiger partial charge in [0.1, 0.15) is 18.1 Å². The van der Waals surface area contributed by atoms with Crippen LogP contribution in [0.25, 0.3) is 0 Å². The van der Waals surface area contributed by atoms with Crippen molar-refractivity contribution in [2.75, 3.05) is 45.3 Å². The quantitative estimate of drug-likeness (QED) is 0.571. The summed E-state index contributed by atoms with van der Waals surface area (Å²) in [5.74, 6) is 1.03. The van der Waals surface area contributed by atoms with E-state index in [0.717, 1.165) is 24.2 Å². The Balaban J connectivity index is 1.52. The molecule has 172 valence electrons. The number of nitrogens with zero attached hydrogens (tertiary/aromatic N) is 1. The van der Waals surface area contributed by atoms with Gasteiger partial charge in [-0.25, -0.2) is 0 Å². The fourth-order valence-corrected chi connectivity index (χ4v) is 3.67. The summed E-state index contributed by atoms with van der Waals surface area (Å²) in [6, 6.07) is 15.1. The molecule has 1 heterocycles.